The molecule has 1 heterocycles. The molecule has 0 radical (unpaired) electrons. The van der Waals surface area contributed by atoms with E-state index in [1.54, 1.807) is 13.3 Å². The van der Waals surface area contributed by atoms with Gasteiger partial charge in [-0.1, -0.05) is 13.3 Å². The minimum absolute atomic E-state index is 0.322. The fraction of sp³-hybridized carbons (Fsp3) is 0.545. The second kappa shape index (κ2) is 7.03. The summed E-state index contributed by atoms with van der Waals surface area (Å²) in [6, 6.07) is 4.11. The molecule has 16 heavy (non-hydrogen) atoms. The van der Waals surface area contributed by atoms with Crippen LogP contribution in [0.1, 0.15) is 19.8 Å². The van der Waals surface area contributed by atoms with Gasteiger partial charge in [0, 0.05) is 31.1 Å². The van der Waals surface area contributed by atoms with Crippen molar-refractivity contribution in [3.05, 3.63) is 18.3 Å². The van der Waals surface area contributed by atoms with Gasteiger partial charge in [0.1, 0.15) is 5.82 Å². The Bertz CT molecular complexity index is 300. The van der Waals surface area contributed by atoms with Crippen molar-refractivity contribution in [3.63, 3.8) is 0 Å². The molecule has 0 aliphatic heterocycles. The van der Waals surface area contributed by atoms with Gasteiger partial charge in [0.05, 0.1) is 6.61 Å². The Balaban J connectivity index is 2.60. The molecule has 0 aliphatic rings. The van der Waals surface area contributed by atoms with E-state index in [-0.39, 0.29) is 0 Å². The van der Waals surface area contributed by atoms with Crippen LogP contribution in [0.5, 0.6) is 0 Å². The summed E-state index contributed by atoms with van der Waals surface area (Å²) in [5.41, 5.74) is 3.52. The quantitative estimate of drug-likeness (QED) is 0.484. The zero-order valence-corrected chi connectivity index (χ0v) is 9.86. The van der Waals surface area contributed by atoms with Crippen LogP contribution in [0.3, 0.4) is 0 Å². The number of nitrogens with zero attached hydrogens (tertiary/aromatic N) is 1. The van der Waals surface area contributed by atoms with E-state index in [0.29, 0.717) is 18.5 Å². The highest BCUT2D eigenvalue weighted by Gasteiger charge is 2.07. The third-order valence-electron chi connectivity index (χ3n) is 2.28. The number of nitrogens with one attached hydrogen (secondary N) is 2. The molecule has 1 aromatic rings. The molecule has 1 atom stereocenters. The lowest BCUT2D eigenvalue weighted by atomic mass is 10.1. The van der Waals surface area contributed by atoms with Gasteiger partial charge < -0.3 is 15.5 Å². The summed E-state index contributed by atoms with van der Waals surface area (Å²) < 4.78 is 5.17. The Kier molecular flexibility index (Phi) is 5.60. The highest BCUT2D eigenvalue weighted by molar-refractivity contribution is 5.51. The summed E-state index contributed by atoms with van der Waals surface area (Å²) in [5, 5.41) is 3.40. The van der Waals surface area contributed by atoms with Crippen LogP contribution in [0.4, 0.5) is 11.5 Å². The summed E-state index contributed by atoms with van der Waals surface area (Å²) in [6.45, 7) is 2.85. The van der Waals surface area contributed by atoms with Gasteiger partial charge in [0.2, 0.25) is 0 Å². The van der Waals surface area contributed by atoms with Crippen LogP contribution in [0, 0.1) is 0 Å². The maximum absolute atomic E-state index is 5.30. The number of anilines is 2. The molecular weight excluding hydrogens is 204 g/mol. The van der Waals surface area contributed by atoms with E-state index in [4.69, 9.17) is 10.6 Å². The normalized spacial score (nSPS) is 12.2. The van der Waals surface area contributed by atoms with Gasteiger partial charge in [0.15, 0.2) is 0 Å². The molecule has 0 fully saturated rings. The van der Waals surface area contributed by atoms with Crippen LogP contribution in [0.25, 0.3) is 0 Å². The third kappa shape index (κ3) is 4.04. The van der Waals surface area contributed by atoms with E-state index >= 15 is 0 Å². The summed E-state index contributed by atoms with van der Waals surface area (Å²) in [6.07, 6.45) is 3.91. The summed E-state index contributed by atoms with van der Waals surface area (Å²) in [4.78, 5) is 4.05. The predicted octanol–water partition coefficient (Wildman–Crippen LogP) is 1.59. The van der Waals surface area contributed by atoms with Crippen molar-refractivity contribution in [2.45, 2.75) is 25.8 Å². The van der Waals surface area contributed by atoms with E-state index in [9.17, 15) is 0 Å². The Morgan fingerprint density at radius 2 is 2.38 bits per heavy atom. The van der Waals surface area contributed by atoms with Gasteiger partial charge in [-0.3, -0.25) is 0 Å². The molecular formula is C11H20N4O. The van der Waals surface area contributed by atoms with E-state index in [0.717, 1.165) is 18.5 Å². The molecule has 1 unspecified atom stereocenters. The lowest BCUT2D eigenvalue weighted by Crippen LogP contribution is -2.24. The highest BCUT2D eigenvalue weighted by Crippen LogP contribution is 2.13. The second-order valence-electron chi connectivity index (χ2n) is 3.66. The third-order valence-corrected chi connectivity index (χ3v) is 2.28. The van der Waals surface area contributed by atoms with Gasteiger partial charge in [-0.2, -0.15) is 0 Å². The molecule has 0 saturated carbocycles. The molecule has 0 amide bonds. The van der Waals surface area contributed by atoms with Gasteiger partial charge >= 0.3 is 0 Å². The number of hydrazine groups is 1. The van der Waals surface area contributed by atoms with Crippen LogP contribution >= 0.6 is 0 Å². The van der Waals surface area contributed by atoms with Crippen molar-refractivity contribution in [2.75, 3.05) is 24.5 Å². The first-order chi connectivity index (χ1) is 7.80. The van der Waals surface area contributed by atoms with Crippen molar-refractivity contribution >= 4 is 11.5 Å². The van der Waals surface area contributed by atoms with Crippen molar-refractivity contribution in [3.8, 4) is 0 Å². The number of hydrogen-bond donors (Lipinski definition) is 3. The molecule has 90 valence electrons. The SMILES string of the molecule is CCCC(COC)Nc1ccnc(NN)c1. The molecule has 0 aromatic carbocycles. The maximum Gasteiger partial charge on any atom is 0.141 e. The van der Waals surface area contributed by atoms with E-state index in [2.05, 4.69) is 22.7 Å². The Labute approximate surface area is 96.4 Å². The van der Waals surface area contributed by atoms with Gasteiger partial charge in [-0.05, 0) is 12.5 Å². The number of pyridine rings is 1. The zero-order chi connectivity index (χ0) is 11.8. The average Bonchev–Trinajstić information content (AvgIpc) is 2.30. The van der Waals surface area contributed by atoms with Crippen LogP contribution in [-0.2, 0) is 4.74 Å². The Hall–Kier alpha value is -1.33. The first-order valence-corrected chi connectivity index (χ1v) is 5.48. The number of rotatable bonds is 7. The summed E-state index contributed by atoms with van der Waals surface area (Å²) >= 11 is 0. The molecule has 5 nitrogen and oxygen atoms in total. The summed E-state index contributed by atoms with van der Waals surface area (Å²) in [7, 11) is 1.71. The Morgan fingerprint density at radius 1 is 1.56 bits per heavy atom. The van der Waals surface area contributed by atoms with Crippen LogP contribution < -0.4 is 16.6 Å². The minimum Gasteiger partial charge on any atom is -0.383 e. The number of aromatic nitrogens is 1. The van der Waals surface area contributed by atoms with Gasteiger partial charge in [-0.25, -0.2) is 10.8 Å². The number of nitrogen functional groups attached to an aromatic ring is 1. The molecule has 0 spiro atoms. The number of hydrogen-bond acceptors (Lipinski definition) is 5. The number of methoxy groups -OCH3 is 1. The lowest BCUT2D eigenvalue weighted by molar-refractivity contribution is 0.182. The fourth-order valence-electron chi connectivity index (χ4n) is 1.58. The van der Waals surface area contributed by atoms with Crippen molar-refractivity contribution < 1.29 is 4.74 Å². The first-order valence-electron chi connectivity index (χ1n) is 5.48. The molecule has 5 heteroatoms. The average molecular weight is 224 g/mol. The highest BCUT2D eigenvalue weighted by atomic mass is 16.5. The smallest absolute Gasteiger partial charge is 0.141 e. The molecule has 1 aromatic heterocycles. The van der Waals surface area contributed by atoms with Crippen molar-refractivity contribution in [2.24, 2.45) is 5.84 Å². The van der Waals surface area contributed by atoms with Crippen LogP contribution in [-0.4, -0.2) is 24.7 Å². The summed E-state index contributed by atoms with van der Waals surface area (Å²) in [5.74, 6) is 5.95. The zero-order valence-electron chi connectivity index (χ0n) is 9.86. The monoisotopic (exact) mass is 224 g/mol. The van der Waals surface area contributed by atoms with Crippen LogP contribution in [0.15, 0.2) is 18.3 Å². The fourth-order valence-corrected chi connectivity index (χ4v) is 1.58. The topological polar surface area (TPSA) is 72.2 Å². The number of ether oxygens (including phenoxy) is 1. The lowest BCUT2D eigenvalue weighted by Gasteiger charge is -2.18. The second-order valence-corrected chi connectivity index (χ2v) is 3.66. The molecule has 0 saturated heterocycles. The van der Waals surface area contributed by atoms with Crippen molar-refractivity contribution in [1.29, 1.82) is 0 Å². The molecule has 4 N–H and O–H groups in total. The van der Waals surface area contributed by atoms with Crippen molar-refractivity contribution in [1.82, 2.24) is 4.98 Å². The molecule has 1 rings (SSSR count). The van der Waals surface area contributed by atoms with E-state index < -0.39 is 0 Å². The Morgan fingerprint density at radius 3 is 3.00 bits per heavy atom. The van der Waals surface area contributed by atoms with Crippen LogP contribution in [0.2, 0.25) is 0 Å². The number of nitrogens with two attached hydrogens (primary N) is 1. The molecule has 0 aliphatic carbocycles. The van der Waals surface area contributed by atoms with Gasteiger partial charge in [0.25, 0.3) is 0 Å². The standard InChI is InChI=1S/C11H20N4O/c1-3-4-10(8-16-2)14-9-5-6-13-11(7-9)15-12/h5-7,10H,3-4,8,12H2,1-2H3,(H2,13,14,15). The maximum atomic E-state index is 5.30. The van der Waals surface area contributed by atoms with E-state index in [1.165, 1.54) is 0 Å². The van der Waals surface area contributed by atoms with Gasteiger partial charge in [-0.15, -0.1) is 0 Å². The first kappa shape index (κ1) is 12.7. The van der Waals surface area contributed by atoms with E-state index in [1.807, 2.05) is 12.1 Å². The largest absolute Gasteiger partial charge is 0.383 e. The molecule has 0 bridgehead atoms. The predicted molar refractivity (Wildman–Crippen MR) is 66.2 cm³/mol. The minimum atomic E-state index is 0.322.